The molecule has 1 aliphatic rings. The number of anilines is 1. The van der Waals surface area contributed by atoms with E-state index in [9.17, 15) is 4.39 Å². The highest BCUT2D eigenvalue weighted by atomic mass is 19.1. The lowest BCUT2D eigenvalue weighted by Crippen LogP contribution is -2.28. The Bertz CT molecular complexity index is 394. The van der Waals surface area contributed by atoms with Crippen molar-refractivity contribution in [3.05, 3.63) is 24.0 Å². The van der Waals surface area contributed by atoms with Gasteiger partial charge in [-0.05, 0) is 43.2 Å². The summed E-state index contributed by atoms with van der Waals surface area (Å²) in [7, 11) is 0. The Hall–Kier alpha value is -1.25. The quantitative estimate of drug-likeness (QED) is 0.797. The van der Waals surface area contributed by atoms with Crippen molar-refractivity contribution < 1.29 is 9.13 Å². The molecule has 0 amide bonds. The Morgan fingerprint density at radius 1 is 1.24 bits per heavy atom. The predicted molar refractivity (Wildman–Crippen MR) is 67.4 cm³/mol. The zero-order chi connectivity index (χ0) is 12.4. The molecule has 0 aromatic heterocycles. The summed E-state index contributed by atoms with van der Waals surface area (Å²) in [6.45, 7) is 4.54. The average molecular weight is 237 g/mol. The molecule has 3 unspecified atom stereocenters. The molecule has 17 heavy (non-hydrogen) atoms. The molecular weight excluding hydrogens is 217 g/mol. The van der Waals surface area contributed by atoms with Gasteiger partial charge in [-0.25, -0.2) is 4.39 Å². The van der Waals surface area contributed by atoms with Crippen LogP contribution in [0.3, 0.4) is 0 Å². The minimum Gasteiger partial charge on any atom is -0.490 e. The number of rotatable bonds is 2. The molecule has 3 heteroatoms. The molecule has 1 aromatic carbocycles. The maximum absolute atomic E-state index is 13.3. The normalized spacial score (nSPS) is 29.0. The van der Waals surface area contributed by atoms with E-state index in [-0.39, 0.29) is 11.8 Å². The molecular formula is C14H20FNO. The third-order valence-corrected chi connectivity index (χ3v) is 3.82. The van der Waals surface area contributed by atoms with Crippen LogP contribution in [0.25, 0.3) is 0 Å². The summed E-state index contributed by atoms with van der Waals surface area (Å²) in [6, 6.07) is 4.67. The van der Waals surface area contributed by atoms with Gasteiger partial charge >= 0.3 is 0 Å². The first-order valence-electron chi connectivity index (χ1n) is 6.28. The van der Waals surface area contributed by atoms with Crippen molar-refractivity contribution in [3.63, 3.8) is 0 Å². The number of halogens is 1. The van der Waals surface area contributed by atoms with Gasteiger partial charge in [-0.3, -0.25) is 0 Å². The molecule has 94 valence electrons. The van der Waals surface area contributed by atoms with Crippen LogP contribution in [0.1, 0.15) is 33.1 Å². The maximum atomic E-state index is 13.3. The van der Waals surface area contributed by atoms with E-state index in [1.807, 2.05) is 0 Å². The lowest BCUT2D eigenvalue weighted by molar-refractivity contribution is 0.100. The third kappa shape index (κ3) is 2.90. The molecule has 0 aliphatic heterocycles. The molecule has 0 radical (unpaired) electrons. The number of hydrogen-bond acceptors (Lipinski definition) is 2. The number of nitrogens with two attached hydrogens (primary N) is 1. The Labute approximate surface area is 102 Å². The topological polar surface area (TPSA) is 35.2 Å². The van der Waals surface area contributed by atoms with Crippen LogP contribution < -0.4 is 10.5 Å². The number of nitrogen functional groups attached to an aromatic ring is 1. The van der Waals surface area contributed by atoms with Gasteiger partial charge in [0.15, 0.2) is 0 Å². The van der Waals surface area contributed by atoms with Crippen LogP contribution >= 0.6 is 0 Å². The van der Waals surface area contributed by atoms with Crippen LogP contribution in [0.4, 0.5) is 10.1 Å². The van der Waals surface area contributed by atoms with E-state index in [2.05, 4.69) is 13.8 Å². The number of benzene rings is 1. The van der Waals surface area contributed by atoms with Gasteiger partial charge in [0.2, 0.25) is 0 Å². The Morgan fingerprint density at radius 3 is 2.65 bits per heavy atom. The van der Waals surface area contributed by atoms with E-state index in [0.29, 0.717) is 11.7 Å². The van der Waals surface area contributed by atoms with E-state index in [1.165, 1.54) is 12.5 Å². The van der Waals surface area contributed by atoms with Crippen LogP contribution in [0.15, 0.2) is 18.2 Å². The fraction of sp³-hybridized carbons (Fsp3) is 0.571. The maximum Gasteiger partial charge on any atom is 0.149 e. The number of ether oxygens (including phenoxy) is 1. The zero-order valence-electron chi connectivity index (χ0n) is 10.4. The fourth-order valence-corrected chi connectivity index (χ4v) is 2.38. The van der Waals surface area contributed by atoms with Crippen LogP contribution in [0.2, 0.25) is 0 Å². The highest BCUT2D eigenvalue weighted by Crippen LogP contribution is 2.32. The molecule has 1 fully saturated rings. The summed E-state index contributed by atoms with van der Waals surface area (Å²) in [4.78, 5) is 0. The van der Waals surface area contributed by atoms with Crippen LogP contribution in [-0.4, -0.2) is 6.10 Å². The second-order valence-electron chi connectivity index (χ2n) is 5.19. The first-order valence-corrected chi connectivity index (χ1v) is 6.28. The zero-order valence-corrected chi connectivity index (χ0v) is 10.4. The predicted octanol–water partition coefficient (Wildman–Crippen LogP) is 3.61. The molecule has 0 saturated heterocycles. The van der Waals surface area contributed by atoms with Crippen molar-refractivity contribution in [2.45, 2.75) is 39.2 Å². The fourth-order valence-electron chi connectivity index (χ4n) is 2.38. The summed E-state index contributed by atoms with van der Waals surface area (Å²) in [5, 5.41) is 0. The van der Waals surface area contributed by atoms with Crippen molar-refractivity contribution in [2.24, 2.45) is 11.8 Å². The van der Waals surface area contributed by atoms with E-state index >= 15 is 0 Å². The van der Waals surface area contributed by atoms with E-state index in [4.69, 9.17) is 10.5 Å². The van der Waals surface area contributed by atoms with E-state index in [0.717, 1.165) is 18.8 Å². The molecule has 3 atom stereocenters. The largest absolute Gasteiger partial charge is 0.490 e. The lowest BCUT2D eigenvalue weighted by atomic mass is 9.80. The van der Waals surface area contributed by atoms with Crippen LogP contribution in [0, 0.1) is 17.7 Å². The van der Waals surface area contributed by atoms with E-state index < -0.39 is 5.82 Å². The highest BCUT2D eigenvalue weighted by molar-refractivity contribution is 5.43. The first-order chi connectivity index (χ1) is 8.06. The van der Waals surface area contributed by atoms with Crippen LogP contribution in [0.5, 0.6) is 5.75 Å². The smallest absolute Gasteiger partial charge is 0.149 e. The molecule has 2 N–H and O–H groups in total. The molecule has 0 bridgehead atoms. The minimum atomic E-state index is -0.403. The van der Waals surface area contributed by atoms with E-state index in [1.54, 1.807) is 12.1 Å². The van der Waals surface area contributed by atoms with Gasteiger partial charge in [-0.2, -0.15) is 0 Å². The Balaban J connectivity index is 1.99. The van der Waals surface area contributed by atoms with Gasteiger partial charge in [0, 0.05) is 6.07 Å². The molecule has 0 spiro atoms. The Kier molecular flexibility index (Phi) is 3.55. The van der Waals surface area contributed by atoms with Crippen molar-refractivity contribution in [1.82, 2.24) is 0 Å². The van der Waals surface area contributed by atoms with Crippen molar-refractivity contribution in [2.75, 3.05) is 5.73 Å². The molecule has 1 saturated carbocycles. The molecule has 1 aliphatic carbocycles. The summed E-state index contributed by atoms with van der Waals surface area (Å²) in [6.07, 6.45) is 3.50. The third-order valence-electron chi connectivity index (χ3n) is 3.82. The molecule has 2 nitrogen and oxygen atoms in total. The van der Waals surface area contributed by atoms with Gasteiger partial charge in [-0.15, -0.1) is 0 Å². The second-order valence-corrected chi connectivity index (χ2v) is 5.19. The van der Waals surface area contributed by atoms with Gasteiger partial charge in [-0.1, -0.05) is 13.8 Å². The van der Waals surface area contributed by atoms with Gasteiger partial charge in [0.05, 0.1) is 11.8 Å². The SMILES string of the molecule is CC1CCC(Oc2ccc(N)c(F)c2)CC1C. The molecule has 2 rings (SSSR count). The lowest BCUT2D eigenvalue weighted by Gasteiger charge is -2.32. The Morgan fingerprint density at radius 2 is 2.00 bits per heavy atom. The first kappa shape index (κ1) is 12.2. The van der Waals surface area contributed by atoms with Crippen LogP contribution in [-0.2, 0) is 0 Å². The highest BCUT2D eigenvalue weighted by Gasteiger charge is 2.25. The monoisotopic (exact) mass is 237 g/mol. The number of hydrogen-bond donors (Lipinski definition) is 1. The second kappa shape index (κ2) is 4.94. The van der Waals surface area contributed by atoms with Crippen molar-refractivity contribution in [3.8, 4) is 5.75 Å². The van der Waals surface area contributed by atoms with Gasteiger partial charge in [0.25, 0.3) is 0 Å². The molecule has 0 heterocycles. The van der Waals surface area contributed by atoms with Gasteiger partial charge in [0.1, 0.15) is 11.6 Å². The summed E-state index contributed by atoms with van der Waals surface area (Å²) < 4.78 is 19.1. The minimum absolute atomic E-state index is 0.169. The summed E-state index contributed by atoms with van der Waals surface area (Å²) >= 11 is 0. The van der Waals surface area contributed by atoms with Crippen molar-refractivity contribution in [1.29, 1.82) is 0 Å². The average Bonchev–Trinajstić information content (AvgIpc) is 2.29. The van der Waals surface area contributed by atoms with Gasteiger partial charge < -0.3 is 10.5 Å². The van der Waals surface area contributed by atoms with Crippen molar-refractivity contribution >= 4 is 5.69 Å². The standard InChI is InChI=1S/C14H20FNO/c1-9-3-4-11(7-10(9)2)17-12-5-6-14(16)13(15)8-12/h5-6,8-11H,3-4,7,16H2,1-2H3. The molecule has 1 aromatic rings. The summed E-state index contributed by atoms with van der Waals surface area (Å²) in [5.74, 6) is 1.62. The summed E-state index contributed by atoms with van der Waals surface area (Å²) in [5.41, 5.74) is 5.60.